The Kier molecular flexibility index (Phi) is 6.80. The second-order valence-corrected chi connectivity index (χ2v) is 7.92. The third-order valence-electron chi connectivity index (χ3n) is 3.58. The minimum absolute atomic E-state index is 0.152. The van der Waals surface area contributed by atoms with E-state index in [2.05, 4.69) is 18.3 Å². The fourth-order valence-corrected chi connectivity index (χ4v) is 5.41. The van der Waals surface area contributed by atoms with Crippen LogP contribution in [0.2, 0.25) is 0 Å². The summed E-state index contributed by atoms with van der Waals surface area (Å²) in [6.45, 7) is 2.11. The topological polar surface area (TPSA) is 29.1 Å². The molecule has 0 radical (unpaired) electrons. The number of para-hydroxylation sites is 1. The molecule has 1 saturated heterocycles. The van der Waals surface area contributed by atoms with Crippen LogP contribution in [0.1, 0.15) is 44.6 Å². The van der Waals surface area contributed by atoms with E-state index in [0.717, 1.165) is 23.8 Å². The van der Waals surface area contributed by atoms with Gasteiger partial charge in [-0.15, -0.1) is 0 Å². The number of hydrogen-bond donors (Lipinski definition) is 1. The van der Waals surface area contributed by atoms with E-state index in [0.29, 0.717) is 6.42 Å². The van der Waals surface area contributed by atoms with Gasteiger partial charge in [0, 0.05) is 23.1 Å². The molecule has 110 valence electrons. The molecule has 1 aromatic carbocycles. The van der Waals surface area contributed by atoms with Crippen molar-refractivity contribution in [1.29, 1.82) is 0 Å². The van der Waals surface area contributed by atoms with E-state index in [1.807, 2.05) is 39.8 Å². The van der Waals surface area contributed by atoms with Crippen LogP contribution in [0.15, 0.2) is 24.3 Å². The van der Waals surface area contributed by atoms with Crippen LogP contribution in [-0.2, 0) is 11.2 Å². The van der Waals surface area contributed by atoms with E-state index in [4.69, 9.17) is 0 Å². The summed E-state index contributed by atoms with van der Waals surface area (Å²) in [4.78, 5) is 12.0. The maximum Gasteiger partial charge on any atom is 0.224 e. The van der Waals surface area contributed by atoms with Gasteiger partial charge in [-0.1, -0.05) is 53.1 Å². The smallest absolute Gasteiger partial charge is 0.224 e. The summed E-state index contributed by atoms with van der Waals surface area (Å²) in [7, 11) is 4.01. The summed E-state index contributed by atoms with van der Waals surface area (Å²) in [6.07, 6.45) is 6.36. The lowest BCUT2D eigenvalue weighted by Gasteiger charge is -2.10. The highest BCUT2D eigenvalue weighted by molar-refractivity contribution is 8.77. The Balaban J connectivity index is 1.67. The van der Waals surface area contributed by atoms with Crippen LogP contribution in [-0.4, -0.2) is 16.9 Å². The lowest BCUT2D eigenvalue weighted by atomic mass is 10.1. The molecule has 0 saturated carbocycles. The van der Waals surface area contributed by atoms with Crippen LogP contribution in [0.25, 0.3) is 0 Å². The van der Waals surface area contributed by atoms with Crippen molar-refractivity contribution in [2.24, 2.45) is 0 Å². The molecule has 4 heteroatoms. The largest absolute Gasteiger partial charge is 0.326 e. The van der Waals surface area contributed by atoms with E-state index in [1.165, 1.54) is 30.6 Å². The van der Waals surface area contributed by atoms with Gasteiger partial charge in [-0.05, 0) is 37.3 Å². The molecule has 1 unspecified atom stereocenters. The van der Waals surface area contributed by atoms with Crippen molar-refractivity contribution in [3.8, 4) is 0 Å². The molecule has 1 heterocycles. The number of aryl methyl sites for hydroxylation is 1. The Morgan fingerprint density at radius 3 is 2.95 bits per heavy atom. The van der Waals surface area contributed by atoms with Crippen molar-refractivity contribution >= 4 is 33.2 Å². The highest BCUT2D eigenvalue weighted by Crippen LogP contribution is 2.39. The van der Waals surface area contributed by atoms with Gasteiger partial charge >= 0.3 is 0 Å². The van der Waals surface area contributed by atoms with Crippen molar-refractivity contribution < 1.29 is 4.79 Å². The maximum atomic E-state index is 12.0. The third-order valence-corrected chi connectivity index (χ3v) is 6.59. The maximum absolute atomic E-state index is 12.0. The quantitative estimate of drug-likeness (QED) is 0.573. The first-order valence-corrected chi connectivity index (χ1v) is 9.84. The molecule has 1 atom stereocenters. The van der Waals surface area contributed by atoms with Crippen LogP contribution in [0.3, 0.4) is 0 Å². The van der Waals surface area contributed by atoms with E-state index < -0.39 is 0 Å². The zero-order valence-electron chi connectivity index (χ0n) is 12.1. The van der Waals surface area contributed by atoms with Crippen molar-refractivity contribution in [1.82, 2.24) is 0 Å². The van der Waals surface area contributed by atoms with Gasteiger partial charge in [-0.25, -0.2) is 0 Å². The average Bonchev–Trinajstić information content (AvgIpc) is 2.97. The molecule has 2 nitrogen and oxygen atoms in total. The molecule has 1 aromatic rings. The fraction of sp³-hybridized carbons (Fsp3) is 0.562. The van der Waals surface area contributed by atoms with Gasteiger partial charge in [0.15, 0.2) is 0 Å². The highest BCUT2D eigenvalue weighted by Gasteiger charge is 2.15. The summed E-state index contributed by atoms with van der Waals surface area (Å²) in [5, 5.41) is 3.86. The molecule has 1 aliphatic rings. The second kappa shape index (κ2) is 8.63. The van der Waals surface area contributed by atoms with Gasteiger partial charge in [-0.2, -0.15) is 0 Å². The van der Waals surface area contributed by atoms with E-state index in [-0.39, 0.29) is 5.91 Å². The lowest BCUT2D eigenvalue weighted by molar-refractivity contribution is -0.116. The number of nitrogens with one attached hydrogen (secondary N) is 1. The third kappa shape index (κ3) is 5.06. The van der Waals surface area contributed by atoms with Gasteiger partial charge in [0.2, 0.25) is 5.91 Å². The molecule has 0 aliphatic carbocycles. The minimum Gasteiger partial charge on any atom is -0.326 e. The average molecular weight is 309 g/mol. The predicted octanol–water partition coefficient (Wildman–Crippen LogP) is 4.90. The number of carbonyl (C=O) groups excluding carboxylic acids is 1. The molecule has 1 N–H and O–H groups in total. The van der Waals surface area contributed by atoms with Crippen molar-refractivity contribution in [3.05, 3.63) is 29.8 Å². The van der Waals surface area contributed by atoms with Gasteiger partial charge < -0.3 is 5.32 Å². The predicted molar refractivity (Wildman–Crippen MR) is 91.4 cm³/mol. The van der Waals surface area contributed by atoms with Gasteiger partial charge in [0.1, 0.15) is 0 Å². The molecule has 1 fully saturated rings. The van der Waals surface area contributed by atoms with Gasteiger partial charge in [0.05, 0.1) is 0 Å². The Hall–Kier alpha value is -0.610. The Bertz CT molecular complexity index is 430. The minimum atomic E-state index is 0.152. The summed E-state index contributed by atoms with van der Waals surface area (Å²) in [6, 6.07) is 8.06. The number of carbonyl (C=O) groups is 1. The first-order chi connectivity index (χ1) is 9.79. The molecule has 0 spiro atoms. The molecule has 1 aliphatic heterocycles. The van der Waals surface area contributed by atoms with Crippen LogP contribution in [0, 0.1) is 0 Å². The highest BCUT2D eigenvalue weighted by atomic mass is 33.1. The van der Waals surface area contributed by atoms with Gasteiger partial charge in [-0.3, -0.25) is 4.79 Å². The standard InChI is InChI=1S/C16H23NOS2/c1-2-13-7-3-5-9-15(13)17-16(18)10-6-4-8-14-11-12-19-20-14/h3,5,7,9,14H,2,4,6,8,10-12H2,1H3,(H,17,18). The number of rotatable bonds is 7. The zero-order valence-corrected chi connectivity index (χ0v) is 13.7. The zero-order chi connectivity index (χ0) is 14.2. The second-order valence-electron chi connectivity index (χ2n) is 5.13. The number of anilines is 1. The molecule has 20 heavy (non-hydrogen) atoms. The summed E-state index contributed by atoms with van der Waals surface area (Å²) in [5.74, 6) is 1.45. The van der Waals surface area contributed by atoms with Crippen molar-refractivity contribution in [3.63, 3.8) is 0 Å². The SMILES string of the molecule is CCc1ccccc1NC(=O)CCCCC1CCSS1. The molecule has 1 amide bonds. The van der Waals surface area contributed by atoms with Crippen LogP contribution < -0.4 is 5.32 Å². The number of hydrogen-bond acceptors (Lipinski definition) is 3. The Labute approximate surface area is 129 Å². The van der Waals surface area contributed by atoms with Crippen LogP contribution >= 0.6 is 21.6 Å². The number of benzene rings is 1. The normalized spacial score (nSPS) is 18.1. The monoisotopic (exact) mass is 309 g/mol. The molecule has 0 bridgehead atoms. The van der Waals surface area contributed by atoms with Gasteiger partial charge in [0.25, 0.3) is 0 Å². The van der Waals surface area contributed by atoms with Crippen molar-refractivity contribution in [2.75, 3.05) is 11.1 Å². The number of unbranched alkanes of at least 4 members (excludes halogenated alkanes) is 1. The molecular weight excluding hydrogens is 286 g/mol. The molecular formula is C16H23NOS2. The van der Waals surface area contributed by atoms with E-state index in [9.17, 15) is 4.79 Å². The van der Waals surface area contributed by atoms with Crippen molar-refractivity contribution in [2.45, 2.75) is 50.7 Å². The van der Waals surface area contributed by atoms with Crippen LogP contribution in [0.5, 0.6) is 0 Å². The fourth-order valence-electron chi connectivity index (χ4n) is 2.39. The first-order valence-electron chi connectivity index (χ1n) is 7.45. The molecule has 0 aromatic heterocycles. The molecule has 2 rings (SSSR count). The Morgan fingerprint density at radius 1 is 1.35 bits per heavy atom. The van der Waals surface area contributed by atoms with Crippen LogP contribution in [0.4, 0.5) is 5.69 Å². The number of amides is 1. The van der Waals surface area contributed by atoms with E-state index in [1.54, 1.807) is 0 Å². The summed E-state index contributed by atoms with van der Waals surface area (Å²) >= 11 is 0. The lowest BCUT2D eigenvalue weighted by Crippen LogP contribution is -2.12. The Morgan fingerprint density at radius 2 is 2.20 bits per heavy atom. The first kappa shape index (κ1) is 15.8. The summed E-state index contributed by atoms with van der Waals surface area (Å²) in [5.41, 5.74) is 2.18. The summed E-state index contributed by atoms with van der Waals surface area (Å²) < 4.78 is 0. The van der Waals surface area contributed by atoms with E-state index >= 15 is 0 Å².